The van der Waals surface area contributed by atoms with Crippen LogP contribution in [0.4, 0.5) is 10.5 Å². The lowest BCUT2D eigenvalue weighted by atomic mass is 10.1. The third-order valence-corrected chi connectivity index (χ3v) is 2.63. The highest BCUT2D eigenvalue weighted by Crippen LogP contribution is 2.21. The van der Waals surface area contributed by atoms with Gasteiger partial charge in [0.25, 0.3) is 0 Å². The zero-order valence-electron chi connectivity index (χ0n) is 11.0. The fourth-order valence-electron chi connectivity index (χ4n) is 1.79. The molecule has 0 unspecified atom stereocenters. The molecule has 0 saturated heterocycles. The maximum atomic E-state index is 11.6. The smallest absolute Gasteiger partial charge is 0.325 e. The molecular weight excluding hydrogens is 232 g/mol. The Morgan fingerprint density at radius 1 is 1.17 bits per heavy atom. The van der Waals surface area contributed by atoms with E-state index in [0.717, 1.165) is 22.4 Å². The molecule has 1 aromatic rings. The summed E-state index contributed by atoms with van der Waals surface area (Å²) in [4.78, 5) is 22.3. The van der Waals surface area contributed by atoms with Crippen molar-refractivity contribution in [3.63, 3.8) is 0 Å². The third-order valence-electron chi connectivity index (χ3n) is 2.63. The molecule has 0 aliphatic carbocycles. The van der Waals surface area contributed by atoms with E-state index in [1.165, 1.54) is 6.92 Å². The van der Waals surface area contributed by atoms with Crippen molar-refractivity contribution < 1.29 is 14.7 Å². The quantitative estimate of drug-likeness (QED) is 0.769. The standard InChI is InChI=1S/C13H18N2O3/c1-7-5-8(2)11(9(3)6-7)15-13(18)14-10(4)12(16)17/h5-6,10H,1-4H3,(H,16,17)(H2,14,15,18)/t10-/m1/s1. The monoisotopic (exact) mass is 250 g/mol. The van der Waals surface area contributed by atoms with Crippen molar-refractivity contribution in [2.75, 3.05) is 5.32 Å². The van der Waals surface area contributed by atoms with Crippen molar-refractivity contribution in [2.24, 2.45) is 0 Å². The molecule has 0 aliphatic heterocycles. The summed E-state index contributed by atoms with van der Waals surface area (Å²) in [5.41, 5.74) is 3.74. The molecule has 0 saturated carbocycles. The van der Waals surface area contributed by atoms with Crippen LogP contribution in [0.3, 0.4) is 0 Å². The molecule has 18 heavy (non-hydrogen) atoms. The molecule has 5 heteroatoms. The van der Waals surface area contributed by atoms with Crippen LogP contribution < -0.4 is 10.6 Å². The summed E-state index contributed by atoms with van der Waals surface area (Å²) in [5.74, 6) is -1.07. The van der Waals surface area contributed by atoms with Gasteiger partial charge in [-0.1, -0.05) is 17.7 Å². The molecule has 1 rings (SSSR count). The molecule has 98 valence electrons. The number of anilines is 1. The average Bonchev–Trinajstić information content (AvgIpc) is 2.23. The van der Waals surface area contributed by atoms with E-state index < -0.39 is 18.0 Å². The van der Waals surface area contributed by atoms with Gasteiger partial charge in [0, 0.05) is 5.69 Å². The first-order valence-electron chi connectivity index (χ1n) is 5.69. The molecule has 0 heterocycles. The lowest BCUT2D eigenvalue weighted by molar-refractivity contribution is -0.138. The number of carbonyl (C=O) groups excluding carboxylic acids is 1. The first-order chi connectivity index (χ1) is 8.31. The summed E-state index contributed by atoms with van der Waals surface area (Å²) in [7, 11) is 0. The molecule has 0 bridgehead atoms. The van der Waals surface area contributed by atoms with Gasteiger partial charge in [-0.05, 0) is 38.8 Å². The van der Waals surface area contributed by atoms with Gasteiger partial charge in [0.1, 0.15) is 6.04 Å². The van der Waals surface area contributed by atoms with Crippen LogP contribution in [-0.4, -0.2) is 23.1 Å². The lowest BCUT2D eigenvalue weighted by Crippen LogP contribution is -2.41. The molecule has 0 spiro atoms. The SMILES string of the molecule is Cc1cc(C)c(NC(=O)N[C@H](C)C(=O)O)c(C)c1. The van der Waals surface area contributed by atoms with Gasteiger partial charge in [0.05, 0.1) is 0 Å². The lowest BCUT2D eigenvalue weighted by Gasteiger charge is -2.15. The first kappa shape index (κ1) is 14.0. The highest BCUT2D eigenvalue weighted by molar-refractivity contribution is 5.93. The summed E-state index contributed by atoms with van der Waals surface area (Å²) < 4.78 is 0. The summed E-state index contributed by atoms with van der Waals surface area (Å²) in [6.07, 6.45) is 0. The molecule has 1 aromatic carbocycles. The maximum absolute atomic E-state index is 11.6. The Kier molecular flexibility index (Phi) is 4.31. The molecule has 0 aromatic heterocycles. The number of carbonyl (C=O) groups is 2. The van der Waals surface area contributed by atoms with Crippen molar-refractivity contribution in [3.05, 3.63) is 28.8 Å². The number of rotatable bonds is 3. The van der Waals surface area contributed by atoms with E-state index in [2.05, 4.69) is 10.6 Å². The van der Waals surface area contributed by atoms with Crippen LogP contribution in [-0.2, 0) is 4.79 Å². The summed E-state index contributed by atoms with van der Waals surface area (Å²) in [6, 6.07) is 2.49. The fraction of sp³-hybridized carbons (Fsp3) is 0.385. The van der Waals surface area contributed by atoms with Crippen LogP contribution in [0.15, 0.2) is 12.1 Å². The van der Waals surface area contributed by atoms with E-state index in [1.54, 1.807) is 0 Å². The fourth-order valence-corrected chi connectivity index (χ4v) is 1.79. The third kappa shape index (κ3) is 3.48. The predicted molar refractivity (Wildman–Crippen MR) is 69.9 cm³/mol. The van der Waals surface area contributed by atoms with Crippen LogP contribution >= 0.6 is 0 Å². The zero-order chi connectivity index (χ0) is 13.9. The minimum atomic E-state index is -1.07. The van der Waals surface area contributed by atoms with Crippen LogP contribution in [0.5, 0.6) is 0 Å². The van der Waals surface area contributed by atoms with Crippen LogP contribution in [0.1, 0.15) is 23.6 Å². The van der Waals surface area contributed by atoms with Gasteiger partial charge in [-0.3, -0.25) is 4.79 Å². The Labute approximate surface area is 106 Å². The molecular formula is C13H18N2O3. The van der Waals surface area contributed by atoms with Crippen molar-refractivity contribution >= 4 is 17.7 Å². The Bertz CT molecular complexity index is 460. The second-order valence-corrected chi connectivity index (χ2v) is 4.43. The van der Waals surface area contributed by atoms with Crippen LogP contribution in [0, 0.1) is 20.8 Å². The van der Waals surface area contributed by atoms with E-state index >= 15 is 0 Å². The molecule has 0 radical (unpaired) electrons. The summed E-state index contributed by atoms with van der Waals surface area (Å²) in [6.45, 7) is 7.19. The van der Waals surface area contributed by atoms with Gasteiger partial charge in [-0.15, -0.1) is 0 Å². The van der Waals surface area contributed by atoms with Crippen molar-refractivity contribution in [2.45, 2.75) is 33.7 Å². The number of nitrogens with one attached hydrogen (secondary N) is 2. The largest absolute Gasteiger partial charge is 0.480 e. The number of urea groups is 1. The van der Waals surface area contributed by atoms with E-state index in [9.17, 15) is 9.59 Å². The number of benzene rings is 1. The van der Waals surface area contributed by atoms with E-state index in [-0.39, 0.29) is 0 Å². The van der Waals surface area contributed by atoms with Crippen molar-refractivity contribution in [3.8, 4) is 0 Å². The number of hydrogen-bond acceptors (Lipinski definition) is 2. The van der Waals surface area contributed by atoms with Gasteiger partial charge in [0.15, 0.2) is 0 Å². The molecule has 1 atom stereocenters. The van der Waals surface area contributed by atoms with Gasteiger partial charge in [-0.25, -0.2) is 4.79 Å². The van der Waals surface area contributed by atoms with Crippen LogP contribution in [0.2, 0.25) is 0 Å². The number of amides is 2. The number of hydrogen-bond donors (Lipinski definition) is 3. The highest BCUT2D eigenvalue weighted by atomic mass is 16.4. The number of aryl methyl sites for hydroxylation is 3. The minimum absolute atomic E-state index is 0.514. The molecule has 0 aliphatic rings. The van der Waals surface area contributed by atoms with Crippen LogP contribution in [0.25, 0.3) is 0 Å². The molecule has 3 N–H and O–H groups in total. The highest BCUT2D eigenvalue weighted by Gasteiger charge is 2.15. The Morgan fingerprint density at radius 3 is 2.11 bits per heavy atom. The van der Waals surface area contributed by atoms with E-state index in [0.29, 0.717) is 0 Å². The van der Waals surface area contributed by atoms with Crippen molar-refractivity contribution in [1.82, 2.24) is 5.32 Å². The Hall–Kier alpha value is -2.04. The number of carboxylic acids is 1. The number of carboxylic acid groups (broad SMARTS) is 1. The van der Waals surface area contributed by atoms with Gasteiger partial charge in [0.2, 0.25) is 0 Å². The van der Waals surface area contributed by atoms with Crippen molar-refractivity contribution in [1.29, 1.82) is 0 Å². The van der Waals surface area contributed by atoms with E-state index in [1.807, 2.05) is 32.9 Å². The molecule has 5 nitrogen and oxygen atoms in total. The normalized spacial score (nSPS) is 11.8. The Balaban J connectivity index is 2.80. The zero-order valence-corrected chi connectivity index (χ0v) is 11.0. The first-order valence-corrected chi connectivity index (χ1v) is 5.69. The molecule has 0 fully saturated rings. The predicted octanol–water partition coefficient (Wildman–Crippen LogP) is 2.21. The van der Waals surface area contributed by atoms with Gasteiger partial charge in [-0.2, -0.15) is 0 Å². The van der Waals surface area contributed by atoms with E-state index in [4.69, 9.17) is 5.11 Å². The topological polar surface area (TPSA) is 78.4 Å². The molecule has 2 amide bonds. The van der Waals surface area contributed by atoms with Gasteiger partial charge >= 0.3 is 12.0 Å². The summed E-state index contributed by atoms with van der Waals surface area (Å²) >= 11 is 0. The second-order valence-electron chi connectivity index (χ2n) is 4.43. The Morgan fingerprint density at radius 2 is 1.67 bits per heavy atom. The maximum Gasteiger partial charge on any atom is 0.325 e. The minimum Gasteiger partial charge on any atom is -0.480 e. The number of aliphatic carboxylic acids is 1. The average molecular weight is 250 g/mol. The second kappa shape index (κ2) is 5.53. The van der Waals surface area contributed by atoms with Gasteiger partial charge < -0.3 is 15.7 Å². The summed E-state index contributed by atoms with van der Waals surface area (Å²) in [5, 5.41) is 13.7.